The molecule has 1 atom stereocenters. The molecule has 3 N–H and O–H groups in total. The van der Waals surface area contributed by atoms with E-state index in [0.29, 0.717) is 5.56 Å². The van der Waals surface area contributed by atoms with Crippen LogP contribution < -0.4 is 10.5 Å². The van der Waals surface area contributed by atoms with Crippen molar-refractivity contribution in [3.63, 3.8) is 0 Å². The third-order valence-corrected chi connectivity index (χ3v) is 4.51. The molecule has 0 aromatic heterocycles. The molecule has 0 amide bonds. The Labute approximate surface area is 121 Å². The highest BCUT2D eigenvalue weighted by molar-refractivity contribution is 7.89. The molecule has 2 rings (SSSR count). The Morgan fingerprint density at radius 3 is 2.14 bits per heavy atom. The number of nitrogens with two attached hydrogens (primary N) is 1. The summed E-state index contributed by atoms with van der Waals surface area (Å²) in [6, 6.07) is 9.59. The molecule has 0 bridgehead atoms. The van der Waals surface area contributed by atoms with Crippen LogP contribution in [0.15, 0.2) is 47.4 Å². The van der Waals surface area contributed by atoms with Crippen molar-refractivity contribution in [2.45, 2.75) is 17.9 Å². The summed E-state index contributed by atoms with van der Waals surface area (Å²) in [7, 11) is -4.34. The number of sulfonamides is 1. The lowest BCUT2D eigenvalue weighted by atomic mass is 10.1. The number of rotatable bonds is 4. The van der Waals surface area contributed by atoms with E-state index < -0.39 is 32.6 Å². The van der Waals surface area contributed by atoms with Gasteiger partial charge in [0.15, 0.2) is 4.90 Å². The van der Waals surface area contributed by atoms with Gasteiger partial charge in [0.1, 0.15) is 11.6 Å². The van der Waals surface area contributed by atoms with Crippen molar-refractivity contribution < 1.29 is 17.2 Å². The molecule has 0 heterocycles. The molecule has 0 fully saturated rings. The van der Waals surface area contributed by atoms with Crippen molar-refractivity contribution >= 4 is 15.7 Å². The molecule has 7 heteroatoms. The molecular formula is C14H14F2N2O2S. The highest BCUT2D eigenvalue weighted by Crippen LogP contribution is 2.23. The molecule has 0 aliphatic carbocycles. The molecule has 2 aromatic carbocycles. The number of hydrogen-bond donors (Lipinski definition) is 2. The summed E-state index contributed by atoms with van der Waals surface area (Å²) < 4.78 is 54.0. The maximum Gasteiger partial charge on any atom is 0.246 e. The maximum absolute atomic E-state index is 13.7. The Morgan fingerprint density at radius 2 is 1.62 bits per heavy atom. The zero-order chi connectivity index (χ0) is 15.6. The number of nitrogen functional groups attached to an aromatic ring is 1. The van der Waals surface area contributed by atoms with E-state index in [1.807, 2.05) is 0 Å². The van der Waals surface area contributed by atoms with Crippen molar-refractivity contribution in [2.24, 2.45) is 0 Å². The van der Waals surface area contributed by atoms with Gasteiger partial charge in [-0.2, -0.15) is 0 Å². The molecule has 0 saturated carbocycles. The molecule has 1 unspecified atom stereocenters. The Balaban J connectivity index is 2.36. The van der Waals surface area contributed by atoms with Crippen LogP contribution in [0.3, 0.4) is 0 Å². The van der Waals surface area contributed by atoms with E-state index in [2.05, 4.69) is 4.72 Å². The van der Waals surface area contributed by atoms with Crippen LogP contribution in [0, 0.1) is 11.6 Å². The molecule has 0 radical (unpaired) electrons. The Bertz CT molecular complexity index is 726. The Kier molecular flexibility index (Phi) is 4.24. The van der Waals surface area contributed by atoms with Crippen molar-refractivity contribution in [1.29, 1.82) is 0 Å². The van der Waals surface area contributed by atoms with Gasteiger partial charge in [0, 0.05) is 11.7 Å². The van der Waals surface area contributed by atoms with E-state index >= 15 is 0 Å². The van der Waals surface area contributed by atoms with Crippen LogP contribution in [-0.4, -0.2) is 8.42 Å². The van der Waals surface area contributed by atoms with Gasteiger partial charge in [-0.25, -0.2) is 21.9 Å². The van der Waals surface area contributed by atoms with E-state index in [0.717, 1.165) is 12.1 Å². The molecular weight excluding hydrogens is 298 g/mol. The number of benzene rings is 2. The third kappa shape index (κ3) is 3.37. The fourth-order valence-electron chi connectivity index (χ4n) is 1.94. The molecule has 0 saturated heterocycles. The first-order valence-corrected chi connectivity index (χ1v) is 7.61. The van der Waals surface area contributed by atoms with E-state index in [9.17, 15) is 17.2 Å². The van der Waals surface area contributed by atoms with Gasteiger partial charge in [0.25, 0.3) is 0 Å². The van der Waals surface area contributed by atoms with Gasteiger partial charge < -0.3 is 5.73 Å². The summed E-state index contributed by atoms with van der Waals surface area (Å²) >= 11 is 0. The largest absolute Gasteiger partial charge is 0.399 e. The fraction of sp³-hybridized carbons (Fsp3) is 0.143. The zero-order valence-electron chi connectivity index (χ0n) is 11.2. The molecule has 2 aromatic rings. The van der Waals surface area contributed by atoms with Gasteiger partial charge in [0.05, 0.1) is 0 Å². The van der Waals surface area contributed by atoms with Crippen LogP contribution in [0.25, 0.3) is 0 Å². The van der Waals surface area contributed by atoms with Gasteiger partial charge in [-0.15, -0.1) is 0 Å². The van der Waals surface area contributed by atoms with Crippen LogP contribution in [0.4, 0.5) is 14.5 Å². The highest BCUT2D eigenvalue weighted by Gasteiger charge is 2.26. The van der Waals surface area contributed by atoms with Crippen molar-refractivity contribution in [3.8, 4) is 0 Å². The lowest BCUT2D eigenvalue weighted by Gasteiger charge is -2.15. The quantitative estimate of drug-likeness (QED) is 0.852. The van der Waals surface area contributed by atoms with Crippen LogP contribution in [0.1, 0.15) is 18.5 Å². The topological polar surface area (TPSA) is 72.2 Å². The summed E-state index contributed by atoms with van der Waals surface area (Å²) in [5.74, 6) is -2.44. The molecule has 21 heavy (non-hydrogen) atoms. The number of hydrogen-bond acceptors (Lipinski definition) is 3. The SMILES string of the molecule is CC(NS(=O)(=O)c1c(F)cc(N)cc1F)c1ccccc1. The van der Waals surface area contributed by atoms with Crippen LogP contribution in [0.5, 0.6) is 0 Å². The first kappa shape index (κ1) is 15.4. The average Bonchev–Trinajstić information content (AvgIpc) is 2.37. The summed E-state index contributed by atoms with van der Waals surface area (Å²) in [5, 5.41) is 0. The number of halogens is 2. The van der Waals surface area contributed by atoms with Gasteiger partial charge in [-0.1, -0.05) is 30.3 Å². The molecule has 0 aliphatic rings. The second-order valence-corrected chi connectivity index (χ2v) is 6.22. The number of anilines is 1. The zero-order valence-corrected chi connectivity index (χ0v) is 12.0. The van der Waals surface area contributed by atoms with E-state index in [4.69, 9.17) is 5.73 Å². The first-order valence-electron chi connectivity index (χ1n) is 6.13. The van der Waals surface area contributed by atoms with Gasteiger partial charge >= 0.3 is 0 Å². The average molecular weight is 312 g/mol. The second kappa shape index (κ2) is 5.79. The predicted molar refractivity (Wildman–Crippen MR) is 75.9 cm³/mol. The molecule has 4 nitrogen and oxygen atoms in total. The second-order valence-electron chi connectivity index (χ2n) is 4.57. The minimum atomic E-state index is -4.34. The molecule has 0 aliphatic heterocycles. The highest BCUT2D eigenvalue weighted by atomic mass is 32.2. The van der Waals surface area contributed by atoms with Crippen molar-refractivity contribution in [1.82, 2.24) is 4.72 Å². The fourth-order valence-corrected chi connectivity index (χ4v) is 3.29. The van der Waals surface area contributed by atoms with E-state index in [1.165, 1.54) is 0 Å². The monoisotopic (exact) mass is 312 g/mol. The number of nitrogens with one attached hydrogen (secondary N) is 1. The Hall–Kier alpha value is -1.99. The lowest BCUT2D eigenvalue weighted by Crippen LogP contribution is -2.28. The Morgan fingerprint density at radius 1 is 1.10 bits per heavy atom. The predicted octanol–water partition coefficient (Wildman–Crippen LogP) is 2.59. The minimum absolute atomic E-state index is 0.181. The van der Waals surface area contributed by atoms with Gasteiger partial charge in [-0.3, -0.25) is 0 Å². The van der Waals surface area contributed by atoms with Crippen molar-refractivity contribution in [3.05, 3.63) is 59.7 Å². The summed E-state index contributed by atoms with van der Waals surface area (Å²) in [6.07, 6.45) is 0. The summed E-state index contributed by atoms with van der Waals surface area (Å²) in [6.45, 7) is 1.58. The summed E-state index contributed by atoms with van der Waals surface area (Å²) in [4.78, 5) is -1.03. The smallest absolute Gasteiger partial charge is 0.246 e. The third-order valence-electron chi connectivity index (χ3n) is 2.92. The first-order chi connectivity index (χ1) is 9.81. The minimum Gasteiger partial charge on any atom is -0.399 e. The van der Waals surface area contributed by atoms with Gasteiger partial charge in [0.2, 0.25) is 10.0 Å². The molecule has 112 valence electrons. The normalized spacial score (nSPS) is 13.1. The van der Waals surface area contributed by atoms with E-state index in [1.54, 1.807) is 37.3 Å². The van der Waals surface area contributed by atoms with Crippen LogP contribution in [-0.2, 0) is 10.0 Å². The summed E-state index contributed by atoms with van der Waals surface area (Å²) in [5.41, 5.74) is 5.77. The lowest BCUT2D eigenvalue weighted by molar-refractivity contribution is 0.510. The van der Waals surface area contributed by atoms with Crippen molar-refractivity contribution in [2.75, 3.05) is 5.73 Å². The molecule has 0 spiro atoms. The standard InChI is InChI=1S/C14H14F2N2O2S/c1-9(10-5-3-2-4-6-10)18-21(19,20)14-12(15)7-11(17)8-13(14)16/h2-9,18H,17H2,1H3. The van der Waals surface area contributed by atoms with Crippen LogP contribution in [0.2, 0.25) is 0 Å². The maximum atomic E-state index is 13.7. The van der Waals surface area contributed by atoms with E-state index in [-0.39, 0.29) is 5.69 Å². The van der Waals surface area contributed by atoms with Crippen LogP contribution >= 0.6 is 0 Å². The van der Waals surface area contributed by atoms with Gasteiger partial charge in [-0.05, 0) is 24.6 Å².